The lowest BCUT2D eigenvalue weighted by atomic mass is 9.60. The van der Waals surface area contributed by atoms with Crippen LogP contribution in [0, 0.1) is 17.3 Å². The molecule has 0 aliphatic heterocycles. The molecule has 182 valence electrons. The number of aliphatic hydroxyl groups is 3. The molecule has 1 aromatic rings. The number of Topliss-reactive ketones (excluding diaryl/α,β-unsaturated/α-hetero) is 3. The van der Waals surface area contributed by atoms with Crippen molar-refractivity contribution in [1.29, 1.82) is 0 Å². The number of carbonyl (C=O) groups is 3. The van der Waals surface area contributed by atoms with Crippen LogP contribution in [-0.2, 0) is 22.4 Å². The second-order valence-electron chi connectivity index (χ2n) is 11.1. The number of carbonyl (C=O) groups excluding carboxylic acids is 3. The summed E-state index contributed by atoms with van der Waals surface area (Å²) in [5.74, 6) is -5.13. The van der Waals surface area contributed by atoms with Crippen molar-refractivity contribution in [3.8, 4) is 5.75 Å². The number of allylic oxidation sites excluding steroid dienone is 2. The molecule has 7 nitrogen and oxygen atoms in total. The number of aryl methyl sites for hydroxylation is 1. The van der Waals surface area contributed by atoms with Gasteiger partial charge in [-0.15, -0.1) is 0 Å². The van der Waals surface area contributed by atoms with Crippen LogP contribution < -0.4 is 0 Å². The minimum absolute atomic E-state index is 0.0916. The van der Waals surface area contributed by atoms with Gasteiger partial charge in [0.1, 0.15) is 22.8 Å². The Labute approximate surface area is 198 Å². The van der Waals surface area contributed by atoms with Crippen molar-refractivity contribution in [2.75, 3.05) is 0 Å². The summed E-state index contributed by atoms with van der Waals surface area (Å²) in [6.07, 6.45) is 3.04. The number of benzene rings is 1. The van der Waals surface area contributed by atoms with Gasteiger partial charge in [0.15, 0.2) is 17.2 Å². The van der Waals surface area contributed by atoms with Crippen molar-refractivity contribution in [3.05, 3.63) is 51.5 Å². The molecule has 0 spiro atoms. The first-order chi connectivity index (χ1) is 15.8. The van der Waals surface area contributed by atoms with Crippen LogP contribution in [0.4, 0.5) is 0 Å². The molecule has 0 saturated carbocycles. The molecule has 3 aliphatic rings. The van der Waals surface area contributed by atoms with E-state index in [-0.39, 0.29) is 35.1 Å². The van der Waals surface area contributed by atoms with Gasteiger partial charge < -0.3 is 20.4 Å². The lowest BCUT2D eigenvalue weighted by molar-refractivity contribution is -0.144. The summed E-state index contributed by atoms with van der Waals surface area (Å²) < 4.78 is 0. The maximum atomic E-state index is 13.5. The zero-order valence-corrected chi connectivity index (χ0v) is 20.1. The standard InChI is InChI=1S/C27H32O7/c1-13(28)20-19(30)12-16-10-15-11-17-14(6-5-9-26(2,3)4)7-8-18(29)22(17)23(31)21(15)25(33)27(16,34)24(20)32/h7-8,15-16,29-30,33-34H,5-6,9-12H2,1-4H3/t15-,16+,27-/m1/s1. The number of hydrogen-bond acceptors (Lipinski definition) is 7. The fourth-order valence-electron chi connectivity index (χ4n) is 5.84. The SMILES string of the molecule is CC(=O)C1=C(O)C[C@@H]2C[C@@H]3Cc4c(CCCC(C)(C)C)ccc(O)c4C(=O)C3=C(O)[C@]2(O)C1=O. The van der Waals surface area contributed by atoms with Gasteiger partial charge in [0, 0.05) is 17.9 Å². The Morgan fingerprint density at radius 2 is 1.79 bits per heavy atom. The van der Waals surface area contributed by atoms with Gasteiger partial charge in [0.2, 0.25) is 5.78 Å². The second kappa shape index (κ2) is 8.08. The molecule has 34 heavy (non-hydrogen) atoms. The van der Waals surface area contributed by atoms with Gasteiger partial charge >= 0.3 is 0 Å². The lowest BCUT2D eigenvalue weighted by Gasteiger charge is -2.45. The molecule has 1 aromatic carbocycles. The van der Waals surface area contributed by atoms with Crippen LogP contribution in [0.25, 0.3) is 0 Å². The van der Waals surface area contributed by atoms with Crippen LogP contribution in [0.1, 0.15) is 74.9 Å². The first kappa shape index (κ1) is 24.2. The summed E-state index contributed by atoms with van der Waals surface area (Å²) >= 11 is 0. The fraction of sp³-hybridized carbons (Fsp3) is 0.519. The summed E-state index contributed by atoms with van der Waals surface area (Å²) in [6.45, 7) is 7.60. The maximum Gasteiger partial charge on any atom is 0.209 e. The zero-order chi connectivity index (χ0) is 25.2. The Balaban J connectivity index is 1.78. The van der Waals surface area contributed by atoms with Gasteiger partial charge in [-0.3, -0.25) is 14.4 Å². The predicted octanol–water partition coefficient (Wildman–Crippen LogP) is 4.05. The summed E-state index contributed by atoms with van der Waals surface area (Å²) in [7, 11) is 0. The minimum atomic E-state index is -2.45. The van der Waals surface area contributed by atoms with Crippen molar-refractivity contribution in [2.24, 2.45) is 17.3 Å². The number of hydrogen-bond donors (Lipinski definition) is 4. The Morgan fingerprint density at radius 3 is 2.41 bits per heavy atom. The minimum Gasteiger partial charge on any atom is -0.511 e. The topological polar surface area (TPSA) is 132 Å². The molecule has 0 aromatic heterocycles. The van der Waals surface area contributed by atoms with Gasteiger partial charge in [-0.25, -0.2) is 0 Å². The number of fused-ring (bicyclic) bond motifs is 3. The number of phenols is 1. The third kappa shape index (κ3) is 3.66. The summed E-state index contributed by atoms with van der Waals surface area (Å²) in [5.41, 5.74) is -1.12. The van der Waals surface area contributed by atoms with Gasteiger partial charge in [0.25, 0.3) is 0 Å². The van der Waals surface area contributed by atoms with E-state index in [1.165, 1.54) is 6.07 Å². The Morgan fingerprint density at radius 1 is 1.12 bits per heavy atom. The molecular formula is C27H32O7. The maximum absolute atomic E-state index is 13.5. The largest absolute Gasteiger partial charge is 0.511 e. The first-order valence-corrected chi connectivity index (χ1v) is 11.8. The fourth-order valence-corrected chi connectivity index (χ4v) is 5.84. The summed E-state index contributed by atoms with van der Waals surface area (Å²) in [6, 6.07) is 3.30. The van der Waals surface area contributed by atoms with Crippen LogP contribution in [0.2, 0.25) is 0 Å². The smallest absolute Gasteiger partial charge is 0.209 e. The quantitative estimate of drug-likeness (QED) is 0.490. The first-order valence-electron chi connectivity index (χ1n) is 11.8. The third-order valence-corrected chi connectivity index (χ3v) is 7.52. The molecule has 0 saturated heterocycles. The molecule has 4 rings (SSSR count). The van der Waals surface area contributed by atoms with Crippen LogP contribution in [-0.4, -0.2) is 43.4 Å². The molecule has 0 unspecified atom stereocenters. The number of aromatic hydroxyl groups is 1. The Kier molecular flexibility index (Phi) is 5.75. The van der Waals surface area contributed by atoms with Crippen molar-refractivity contribution in [3.63, 3.8) is 0 Å². The van der Waals surface area contributed by atoms with E-state index in [0.717, 1.165) is 37.3 Å². The summed E-state index contributed by atoms with van der Waals surface area (Å²) in [4.78, 5) is 38.5. The lowest BCUT2D eigenvalue weighted by Crippen LogP contribution is -2.56. The van der Waals surface area contributed by atoms with Gasteiger partial charge in [-0.1, -0.05) is 26.8 Å². The molecule has 0 amide bonds. The highest BCUT2D eigenvalue weighted by Crippen LogP contribution is 2.51. The van der Waals surface area contributed by atoms with Gasteiger partial charge in [-0.2, -0.15) is 0 Å². The second-order valence-corrected chi connectivity index (χ2v) is 11.1. The van der Waals surface area contributed by atoms with E-state index in [1.54, 1.807) is 0 Å². The molecule has 0 radical (unpaired) electrons. The van der Waals surface area contributed by atoms with E-state index in [2.05, 4.69) is 20.8 Å². The van der Waals surface area contributed by atoms with Crippen molar-refractivity contribution < 1.29 is 34.8 Å². The van der Waals surface area contributed by atoms with Gasteiger partial charge in [-0.05, 0) is 67.6 Å². The van der Waals surface area contributed by atoms with Crippen molar-refractivity contribution >= 4 is 17.3 Å². The molecular weight excluding hydrogens is 436 g/mol. The highest BCUT2D eigenvalue weighted by Gasteiger charge is 2.59. The van der Waals surface area contributed by atoms with E-state index < -0.39 is 51.9 Å². The van der Waals surface area contributed by atoms with E-state index in [1.807, 2.05) is 6.07 Å². The van der Waals surface area contributed by atoms with E-state index in [4.69, 9.17) is 0 Å². The van der Waals surface area contributed by atoms with Crippen LogP contribution in [0.3, 0.4) is 0 Å². The van der Waals surface area contributed by atoms with Crippen LogP contribution in [0.5, 0.6) is 5.75 Å². The number of phenolic OH excluding ortho intramolecular Hbond substituents is 1. The summed E-state index contributed by atoms with van der Waals surface area (Å²) in [5, 5.41) is 43.3. The number of ketones is 3. The molecule has 0 bridgehead atoms. The Bertz CT molecular complexity index is 1160. The molecule has 4 N–H and O–H groups in total. The molecule has 7 heteroatoms. The average molecular weight is 469 g/mol. The molecule has 0 heterocycles. The molecule has 0 fully saturated rings. The zero-order valence-electron chi connectivity index (χ0n) is 20.1. The third-order valence-electron chi connectivity index (χ3n) is 7.52. The average Bonchev–Trinajstić information content (AvgIpc) is 2.71. The van der Waals surface area contributed by atoms with Gasteiger partial charge in [0.05, 0.1) is 5.56 Å². The van der Waals surface area contributed by atoms with Crippen molar-refractivity contribution in [1.82, 2.24) is 0 Å². The number of rotatable bonds is 4. The van der Waals surface area contributed by atoms with E-state index >= 15 is 0 Å². The Hall–Kier alpha value is -2.93. The normalized spacial score (nSPS) is 26.9. The van der Waals surface area contributed by atoms with E-state index in [0.29, 0.717) is 6.42 Å². The highest BCUT2D eigenvalue weighted by atomic mass is 16.3. The van der Waals surface area contributed by atoms with Crippen molar-refractivity contribution in [2.45, 2.75) is 71.8 Å². The highest BCUT2D eigenvalue weighted by molar-refractivity contribution is 6.25. The van der Waals surface area contributed by atoms with Crippen LogP contribution >= 0.6 is 0 Å². The monoisotopic (exact) mass is 468 g/mol. The predicted molar refractivity (Wildman–Crippen MR) is 125 cm³/mol. The van der Waals surface area contributed by atoms with E-state index in [9.17, 15) is 34.8 Å². The molecule has 3 aliphatic carbocycles. The molecule has 3 atom stereocenters. The van der Waals surface area contributed by atoms with Crippen LogP contribution in [0.15, 0.2) is 34.8 Å². The number of aliphatic hydroxyl groups excluding tert-OH is 2.